The molecule has 1 aliphatic heterocycles. The van der Waals surface area contributed by atoms with Crippen LogP contribution in [0.3, 0.4) is 0 Å². The van der Waals surface area contributed by atoms with E-state index in [1.807, 2.05) is 6.92 Å². The highest BCUT2D eigenvalue weighted by Crippen LogP contribution is 2.24. The fourth-order valence-corrected chi connectivity index (χ4v) is 2.79. The maximum Gasteiger partial charge on any atom is 0.326 e. The monoisotopic (exact) mass is 320 g/mol. The molecule has 1 aromatic carbocycles. The molecule has 1 fully saturated rings. The number of benzene rings is 1. The van der Waals surface area contributed by atoms with E-state index in [4.69, 9.17) is 10.5 Å². The van der Waals surface area contributed by atoms with E-state index in [0.717, 1.165) is 12.8 Å². The number of hydrogen-bond acceptors (Lipinski definition) is 4. The zero-order valence-corrected chi connectivity index (χ0v) is 12.9. The van der Waals surface area contributed by atoms with Gasteiger partial charge in [-0.05, 0) is 43.0 Å². The summed E-state index contributed by atoms with van der Waals surface area (Å²) in [6.45, 7) is 2.01. The quantitative estimate of drug-likeness (QED) is 0.836. The summed E-state index contributed by atoms with van der Waals surface area (Å²) in [6, 6.07) is 5.29. The molecule has 1 heterocycles. The summed E-state index contributed by atoms with van der Waals surface area (Å²) in [5.74, 6) is -1.56. The molecular weight excluding hydrogens is 300 g/mol. The van der Waals surface area contributed by atoms with Crippen LogP contribution in [0.15, 0.2) is 24.3 Å². The number of hydrogen-bond donors (Lipinski definition) is 2. The summed E-state index contributed by atoms with van der Waals surface area (Å²) in [4.78, 5) is 36.0. The molecule has 0 aromatic heterocycles. The molecule has 1 saturated heterocycles. The fourth-order valence-electron chi connectivity index (χ4n) is 2.79. The van der Waals surface area contributed by atoms with Crippen LogP contribution >= 0.6 is 0 Å². The first kappa shape index (κ1) is 16.8. The van der Waals surface area contributed by atoms with E-state index in [1.165, 1.54) is 17.0 Å². The highest BCUT2D eigenvalue weighted by Gasteiger charge is 2.36. The SMILES string of the molecule is C[C@@H]1CCCN(C(=O)COc2ccc(C(N)=O)cc2)[C@H]1C(=O)O. The number of piperidine rings is 1. The number of carboxylic acid groups (broad SMARTS) is 1. The average molecular weight is 320 g/mol. The fraction of sp³-hybridized carbons (Fsp3) is 0.438. The van der Waals surface area contributed by atoms with Crippen molar-refractivity contribution in [2.75, 3.05) is 13.2 Å². The summed E-state index contributed by atoms with van der Waals surface area (Å²) in [5.41, 5.74) is 5.49. The predicted octanol–water partition coefficient (Wildman–Crippen LogP) is 0.876. The highest BCUT2D eigenvalue weighted by atomic mass is 16.5. The second-order valence-electron chi connectivity index (χ2n) is 5.67. The molecule has 7 nitrogen and oxygen atoms in total. The van der Waals surface area contributed by atoms with E-state index >= 15 is 0 Å². The summed E-state index contributed by atoms with van der Waals surface area (Å²) >= 11 is 0. The maximum atomic E-state index is 12.3. The third-order valence-electron chi connectivity index (χ3n) is 4.01. The molecule has 1 aliphatic rings. The number of likely N-dealkylation sites (tertiary alicyclic amines) is 1. The van der Waals surface area contributed by atoms with Crippen LogP contribution in [0.2, 0.25) is 0 Å². The molecular formula is C16H20N2O5. The number of aliphatic carboxylic acids is 1. The lowest BCUT2D eigenvalue weighted by molar-refractivity contribution is -0.155. The van der Waals surface area contributed by atoms with Gasteiger partial charge < -0.3 is 20.5 Å². The van der Waals surface area contributed by atoms with Crippen LogP contribution in [0, 0.1) is 5.92 Å². The van der Waals surface area contributed by atoms with Crippen LogP contribution in [0.25, 0.3) is 0 Å². The Hall–Kier alpha value is -2.57. The van der Waals surface area contributed by atoms with Gasteiger partial charge >= 0.3 is 5.97 Å². The number of rotatable bonds is 5. The Labute approximate surface area is 134 Å². The molecule has 0 unspecified atom stereocenters. The Bertz CT molecular complexity index is 599. The lowest BCUT2D eigenvalue weighted by atomic mass is 9.91. The maximum absolute atomic E-state index is 12.3. The third kappa shape index (κ3) is 4.00. The van der Waals surface area contributed by atoms with Crippen molar-refractivity contribution in [3.05, 3.63) is 29.8 Å². The van der Waals surface area contributed by atoms with E-state index in [-0.39, 0.29) is 18.4 Å². The molecule has 7 heteroatoms. The number of ether oxygens (including phenoxy) is 1. The number of carbonyl (C=O) groups is 3. The molecule has 0 bridgehead atoms. The van der Waals surface area contributed by atoms with E-state index in [0.29, 0.717) is 17.9 Å². The second-order valence-corrected chi connectivity index (χ2v) is 5.67. The molecule has 2 atom stereocenters. The topological polar surface area (TPSA) is 110 Å². The van der Waals surface area contributed by atoms with E-state index < -0.39 is 17.9 Å². The minimum Gasteiger partial charge on any atom is -0.484 e. The van der Waals surface area contributed by atoms with Gasteiger partial charge in [-0.3, -0.25) is 9.59 Å². The normalized spacial score (nSPS) is 20.8. The highest BCUT2D eigenvalue weighted by molar-refractivity contribution is 5.92. The van der Waals surface area contributed by atoms with Gasteiger partial charge in [-0.1, -0.05) is 6.92 Å². The van der Waals surface area contributed by atoms with Crippen molar-refractivity contribution in [2.45, 2.75) is 25.8 Å². The molecule has 23 heavy (non-hydrogen) atoms. The molecule has 2 amide bonds. The first-order valence-corrected chi connectivity index (χ1v) is 7.45. The van der Waals surface area contributed by atoms with E-state index in [2.05, 4.69) is 0 Å². The summed E-state index contributed by atoms with van der Waals surface area (Å²) in [5, 5.41) is 9.32. The predicted molar refractivity (Wildman–Crippen MR) is 82.0 cm³/mol. The Morgan fingerprint density at radius 2 is 1.96 bits per heavy atom. The van der Waals surface area contributed by atoms with Crippen molar-refractivity contribution in [3.63, 3.8) is 0 Å². The standard InChI is InChI=1S/C16H20N2O5/c1-10-3-2-8-18(14(10)16(21)22)13(19)9-23-12-6-4-11(5-7-12)15(17)20/h4-7,10,14H,2-3,8-9H2,1H3,(H2,17,20)(H,21,22)/t10-,14-/m1/s1. The molecule has 0 saturated carbocycles. The van der Waals surface area contributed by atoms with Gasteiger partial charge in [-0.2, -0.15) is 0 Å². The Balaban J connectivity index is 1.98. The summed E-state index contributed by atoms with van der Waals surface area (Å²) < 4.78 is 5.38. The van der Waals surface area contributed by atoms with Crippen molar-refractivity contribution < 1.29 is 24.2 Å². The van der Waals surface area contributed by atoms with Crippen molar-refractivity contribution >= 4 is 17.8 Å². The van der Waals surface area contributed by atoms with Gasteiger partial charge in [0.25, 0.3) is 5.91 Å². The van der Waals surface area contributed by atoms with Crippen LogP contribution in [0.4, 0.5) is 0 Å². The number of carboxylic acids is 1. The first-order valence-electron chi connectivity index (χ1n) is 7.45. The van der Waals surface area contributed by atoms with Crippen molar-refractivity contribution in [1.82, 2.24) is 4.90 Å². The largest absolute Gasteiger partial charge is 0.484 e. The molecule has 124 valence electrons. The van der Waals surface area contributed by atoms with Gasteiger partial charge in [0.2, 0.25) is 5.91 Å². The van der Waals surface area contributed by atoms with Crippen molar-refractivity contribution in [2.24, 2.45) is 11.7 Å². The van der Waals surface area contributed by atoms with Gasteiger partial charge in [-0.15, -0.1) is 0 Å². The Morgan fingerprint density at radius 3 is 2.52 bits per heavy atom. The van der Waals surface area contributed by atoms with Crippen LogP contribution in [0.1, 0.15) is 30.1 Å². The van der Waals surface area contributed by atoms with Crippen molar-refractivity contribution in [1.29, 1.82) is 0 Å². The lowest BCUT2D eigenvalue weighted by Crippen LogP contribution is -2.53. The zero-order chi connectivity index (χ0) is 17.0. The summed E-state index contributed by atoms with van der Waals surface area (Å²) in [6.07, 6.45) is 1.57. The lowest BCUT2D eigenvalue weighted by Gasteiger charge is -2.37. The minimum atomic E-state index is -0.989. The van der Waals surface area contributed by atoms with Crippen LogP contribution < -0.4 is 10.5 Å². The molecule has 2 rings (SSSR count). The number of nitrogens with zero attached hydrogens (tertiary/aromatic N) is 1. The average Bonchev–Trinajstić information content (AvgIpc) is 2.52. The zero-order valence-electron chi connectivity index (χ0n) is 12.9. The van der Waals surface area contributed by atoms with Crippen LogP contribution in [0.5, 0.6) is 5.75 Å². The van der Waals surface area contributed by atoms with Gasteiger partial charge in [0.15, 0.2) is 6.61 Å². The summed E-state index contributed by atoms with van der Waals surface area (Å²) in [7, 11) is 0. The van der Waals surface area contributed by atoms with Crippen LogP contribution in [-0.4, -0.2) is 47.0 Å². The molecule has 0 radical (unpaired) electrons. The Kier molecular flexibility index (Phi) is 5.20. The van der Waals surface area contributed by atoms with Crippen molar-refractivity contribution in [3.8, 4) is 5.75 Å². The third-order valence-corrected chi connectivity index (χ3v) is 4.01. The number of carbonyl (C=O) groups excluding carboxylic acids is 2. The molecule has 1 aromatic rings. The van der Waals surface area contributed by atoms with E-state index in [9.17, 15) is 19.5 Å². The minimum absolute atomic E-state index is 0.0833. The van der Waals surface area contributed by atoms with Gasteiger partial charge in [0, 0.05) is 12.1 Å². The molecule has 0 spiro atoms. The Morgan fingerprint density at radius 1 is 1.30 bits per heavy atom. The first-order chi connectivity index (χ1) is 10.9. The smallest absolute Gasteiger partial charge is 0.326 e. The number of nitrogens with two attached hydrogens (primary N) is 1. The van der Waals surface area contributed by atoms with E-state index in [1.54, 1.807) is 12.1 Å². The van der Waals surface area contributed by atoms with Gasteiger partial charge in [0.1, 0.15) is 11.8 Å². The molecule has 3 N–H and O–H groups in total. The molecule has 0 aliphatic carbocycles. The number of primary amides is 1. The number of amides is 2. The van der Waals surface area contributed by atoms with Gasteiger partial charge in [0.05, 0.1) is 0 Å². The van der Waals surface area contributed by atoms with Gasteiger partial charge in [-0.25, -0.2) is 4.79 Å². The van der Waals surface area contributed by atoms with Crippen LogP contribution in [-0.2, 0) is 9.59 Å². The second kappa shape index (κ2) is 7.13.